The SMILES string of the molecule is CCCCCCCOC(=O)c1ccc(C(=O)Oc2ccc([N+](=O)[O-])cc2)cc1. The van der Waals surface area contributed by atoms with E-state index in [2.05, 4.69) is 6.92 Å². The van der Waals surface area contributed by atoms with E-state index in [0.29, 0.717) is 12.2 Å². The number of hydrogen-bond acceptors (Lipinski definition) is 6. The van der Waals surface area contributed by atoms with E-state index in [1.165, 1.54) is 61.4 Å². The molecule has 0 radical (unpaired) electrons. The van der Waals surface area contributed by atoms with Crippen LogP contribution >= 0.6 is 0 Å². The molecule has 0 unspecified atom stereocenters. The third-order valence-electron chi connectivity index (χ3n) is 4.10. The summed E-state index contributed by atoms with van der Waals surface area (Å²) in [5.41, 5.74) is 0.531. The number of unbranched alkanes of at least 4 members (excludes halogenated alkanes) is 4. The van der Waals surface area contributed by atoms with E-state index in [0.717, 1.165) is 19.3 Å². The Kier molecular flexibility index (Phi) is 8.14. The Bertz CT molecular complexity index is 799. The van der Waals surface area contributed by atoms with E-state index in [-0.39, 0.29) is 17.0 Å². The van der Waals surface area contributed by atoms with E-state index in [9.17, 15) is 19.7 Å². The number of ether oxygens (including phenoxy) is 2. The smallest absolute Gasteiger partial charge is 0.343 e. The fourth-order valence-corrected chi connectivity index (χ4v) is 2.50. The standard InChI is InChI=1S/C21H23NO6/c1-2-3-4-5-6-15-27-20(23)16-7-9-17(10-8-16)21(24)28-19-13-11-18(12-14-19)22(25)26/h7-14H,2-6,15H2,1H3. The van der Waals surface area contributed by atoms with E-state index >= 15 is 0 Å². The Hall–Kier alpha value is -3.22. The quantitative estimate of drug-likeness (QED) is 0.189. The lowest BCUT2D eigenvalue weighted by atomic mass is 10.1. The number of carbonyl (C=O) groups is 2. The third kappa shape index (κ3) is 6.50. The average Bonchev–Trinajstić information content (AvgIpc) is 2.71. The van der Waals surface area contributed by atoms with Crippen LogP contribution in [0.15, 0.2) is 48.5 Å². The number of nitro benzene ring substituents is 1. The highest BCUT2D eigenvalue weighted by molar-refractivity contribution is 5.94. The van der Waals surface area contributed by atoms with Gasteiger partial charge in [-0.15, -0.1) is 0 Å². The van der Waals surface area contributed by atoms with Crippen molar-refractivity contribution in [2.75, 3.05) is 6.61 Å². The predicted octanol–water partition coefficient (Wildman–Crippen LogP) is 4.94. The molecule has 0 heterocycles. The van der Waals surface area contributed by atoms with Crippen molar-refractivity contribution in [1.82, 2.24) is 0 Å². The molecule has 0 spiro atoms. The lowest BCUT2D eigenvalue weighted by Gasteiger charge is -2.06. The van der Waals surface area contributed by atoms with Gasteiger partial charge in [0.2, 0.25) is 0 Å². The molecule has 0 fully saturated rings. The summed E-state index contributed by atoms with van der Waals surface area (Å²) in [4.78, 5) is 34.2. The maximum absolute atomic E-state index is 12.1. The summed E-state index contributed by atoms with van der Waals surface area (Å²) in [6.07, 6.45) is 5.36. The van der Waals surface area contributed by atoms with Crippen molar-refractivity contribution in [3.05, 3.63) is 69.8 Å². The summed E-state index contributed by atoms with van der Waals surface area (Å²) < 4.78 is 10.4. The minimum Gasteiger partial charge on any atom is -0.462 e. The van der Waals surface area contributed by atoms with Crippen molar-refractivity contribution in [2.45, 2.75) is 39.0 Å². The molecule has 0 aliphatic rings. The number of non-ortho nitro benzene ring substituents is 1. The van der Waals surface area contributed by atoms with Gasteiger partial charge >= 0.3 is 11.9 Å². The molecule has 0 aliphatic carbocycles. The zero-order valence-corrected chi connectivity index (χ0v) is 15.8. The molecule has 0 saturated heterocycles. The number of benzene rings is 2. The lowest BCUT2D eigenvalue weighted by Crippen LogP contribution is -2.10. The minimum absolute atomic E-state index is 0.0898. The van der Waals surface area contributed by atoms with Crippen molar-refractivity contribution in [2.24, 2.45) is 0 Å². The van der Waals surface area contributed by atoms with Crippen LogP contribution in [0, 0.1) is 10.1 Å². The largest absolute Gasteiger partial charge is 0.462 e. The molecule has 7 nitrogen and oxygen atoms in total. The van der Waals surface area contributed by atoms with Crippen LogP contribution in [0.4, 0.5) is 5.69 Å². The molecule has 7 heteroatoms. The molecule has 2 aromatic carbocycles. The highest BCUT2D eigenvalue weighted by atomic mass is 16.6. The van der Waals surface area contributed by atoms with Crippen LogP contribution in [-0.4, -0.2) is 23.5 Å². The third-order valence-corrected chi connectivity index (χ3v) is 4.10. The van der Waals surface area contributed by atoms with E-state index < -0.39 is 16.9 Å². The van der Waals surface area contributed by atoms with Gasteiger partial charge < -0.3 is 9.47 Å². The van der Waals surface area contributed by atoms with Crippen LogP contribution in [0.2, 0.25) is 0 Å². The van der Waals surface area contributed by atoms with Gasteiger partial charge in [-0.2, -0.15) is 0 Å². The Labute approximate surface area is 163 Å². The number of nitrogens with zero attached hydrogens (tertiary/aromatic N) is 1. The van der Waals surface area contributed by atoms with Crippen LogP contribution in [0.25, 0.3) is 0 Å². The molecular weight excluding hydrogens is 362 g/mol. The zero-order valence-electron chi connectivity index (χ0n) is 15.8. The number of esters is 2. The van der Waals surface area contributed by atoms with Crippen molar-refractivity contribution < 1.29 is 24.0 Å². The normalized spacial score (nSPS) is 10.3. The van der Waals surface area contributed by atoms with Gasteiger partial charge in [-0.3, -0.25) is 10.1 Å². The lowest BCUT2D eigenvalue weighted by molar-refractivity contribution is -0.384. The number of nitro groups is 1. The van der Waals surface area contributed by atoms with Crippen LogP contribution in [0.5, 0.6) is 5.75 Å². The van der Waals surface area contributed by atoms with Gasteiger partial charge in [0.25, 0.3) is 5.69 Å². The molecule has 0 amide bonds. The molecule has 0 N–H and O–H groups in total. The van der Waals surface area contributed by atoms with Crippen LogP contribution in [0.1, 0.15) is 59.7 Å². The number of hydrogen-bond donors (Lipinski definition) is 0. The molecule has 0 aromatic heterocycles. The molecule has 0 saturated carbocycles. The van der Waals surface area contributed by atoms with Gasteiger partial charge in [-0.05, 0) is 42.8 Å². The molecule has 28 heavy (non-hydrogen) atoms. The second-order valence-corrected chi connectivity index (χ2v) is 6.27. The molecule has 0 atom stereocenters. The second kappa shape index (κ2) is 10.8. The van der Waals surface area contributed by atoms with Gasteiger partial charge in [-0.25, -0.2) is 9.59 Å². The predicted molar refractivity (Wildman–Crippen MR) is 104 cm³/mol. The highest BCUT2D eigenvalue weighted by Gasteiger charge is 2.13. The molecular formula is C21H23NO6. The average molecular weight is 385 g/mol. The molecule has 0 aliphatic heterocycles. The highest BCUT2D eigenvalue weighted by Crippen LogP contribution is 2.18. The number of carbonyl (C=O) groups excluding carboxylic acids is 2. The Balaban J connectivity index is 1.84. The van der Waals surface area contributed by atoms with Crippen LogP contribution in [-0.2, 0) is 4.74 Å². The van der Waals surface area contributed by atoms with Gasteiger partial charge in [-0.1, -0.05) is 32.6 Å². The van der Waals surface area contributed by atoms with Crippen LogP contribution in [0.3, 0.4) is 0 Å². The van der Waals surface area contributed by atoms with Crippen molar-refractivity contribution in [3.63, 3.8) is 0 Å². The van der Waals surface area contributed by atoms with Gasteiger partial charge in [0.15, 0.2) is 0 Å². The summed E-state index contributed by atoms with van der Waals surface area (Å²) >= 11 is 0. The van der Waals surface area contributed by atoms with Gasteiger partial charge in [0.05, 0.1) is 22.7 Å². The van der Waals surface area contributed by atoms with E-state index in [1.807, 2.05) is 0 Å². The van der Waals surface area contributed by atoms with Crippen molar-refractivity contribution in [3.8, 4) is 5.75 Å². The monoisotopic (exact) mass is 385 g/mol. The summed E-state index contributed by atoms with van der Waals surface area (Å²) in [6.45, 7) is 2.53. The minimum atomic E-state index is -0.621. The van der Waals surface area contributed by atoms with Gasteiger partial charge in [0, 0.05) is 12.1 Å². The van der Waals surface area contributed by atoms with E-state index in [1.54, 1.807) is 0 Å². The molecule has 2 rings (SSSR count). The summed E-state index contributed by atoms with van der Waals surface area (Å²) in [5, 5.41) is 10.6. The first kappa shape index (κ1) is 21.1. The Morgan fingerprint density at radius 1 is 0.857 bits per heavy atom. The maximum atomic E-state index is 12.1. The summed E-state index contributed by atoms with van der Waals surface area (Å²) in [7, 11) is 0. The van der Waals surface area contributed by atoms with Gasteiger partial charge in [0.1, 0.15) is 5.75 Å². The second-order valence-electron chi connectivity index (χ2n) is 6.27. The molecule has 0 bridgehead atoms. The fraction of sp³-hybridized carbons (Fsp3) is 0.333. The summed E-state index contributed by atoms with van der Waals surface area (Å²) in [5.74, 6) is -0.849. The molecule has 148 valence electrons. The topological polar surface area (TPSA) is 95.7 Å². The Morgan fingerprint density at radius 3 is 2.00 bits per heavy atom. The first-order chi connectivity index (χ1) is 13.5. The molecule has 2 aromatic rings. The first-order valence-electron chi connectivity index (χ1n) is 9.25. The van der Waals surface area contributed by atoms with Crippen molar-refractivity contribution in [1.29, 1.82) is 0 Å². The van der Waals surface area contributed by atoms with Crippen LogP contribution < -0.4 is 4.74 Å². The fourth-order valence-electron chi connectivity index (χ4n) is 2.50. The maximum Gasteiger partial charge on any atom is 0.343 e. The Morgan fingerprint density at radius 2 is 1.43 bits per heavy atom. The van der Waals surface area contributed by atoms with Crippen molar-refractivity contribution >= 4 is 17.6 Å². The zero-order chi connectivity index (χ0) is 20.4. The van der Waals surface area contributed by atoms with E-state index in [4.69, 9.17) is 9.47 Å². The first-order valence-corrected chi connectivity index (χ1v) is 9.25. The number of rotatable bonds is 10. The summed E-state index contributed by atoms with van der Waals surface area (Å²) in [6, 6.07) is 11.2.